The van der Waals surface area contributed by atoms with E-state index in [2.05, 4.69) is 19.9 Å². The number of rotatable bonds is 5. The molecule has 1 aromatic carbocycles. The maximum absolute atomic E-state index is 14.1. The average molecular weight is 392 g/mol. The summed E-state index contributed by atoms with van der Waals surface area (Å²) in [4.78, 5) is 12.4. The molecule has 1 fully saturated rings. The third-order valence-corrected chi connectivity index (χ3v) is 5.16. The van der Waals surface area contributed by atoms with Crippen molar-refractivity contribution in [3.63, 3.8) is 0 Å². The lowest BCUT2D eigenvalue weighted by molar-refractivity contribution is 0.00419. The van der Waals surface area contributed by atoms with Crippen molar-refractivity contribution in [2.24, 2.45) is 0 Å². The summed E-state index contributed by atoms with van der Waals surface area (Å²) in [5.41, 5.74) is 3.24. The highest BCUT2D eigenvalue weighted by molar-refractivity contribution is 6.03. The third kappa shape index (κ3) is 3.33. The lowest BCUT2D eigenvalue weighted by Crippen LogP contribution is -2.22. The first-order valence-electron chi connectivity index (χ1n) is 9.48. The smallest absolute Gasteiger partial charge is 0.262 e. The molecule has 29 heavy (non-hydrogen) atoms. The van der Waals surface area contributed by atoms with Crippen LogP contribution in [0.2, 0.25) is 0 Å². The van der Waals surface area contributed by atoms with Gasteiger partial charge in [-0.05, 0) is 31.0 Å². The molecule has 8 heteroatoms. The Morgan fingerprint density at radius 1 is 1.24 bits per heavy atom. The van der Waals surface area contributed by atoms with Crippen LogP contribution in [-0.4, -0.2) is 30.2 Å². The highest BCUT2D eigenvalue weighted by Gasteiger charge is 2.28. The van der Waals surface area contributed by atoms with Gasteiger partial charge in [0.2, 0.25) is 0 Å². The molecule has 0 radical (unpaired) electrons. The predicted octanol–water partition coefficient (Wildman–Crippen LogP) is 4.91. The summed E-state index contributed by atoms with van der Waals surface area (Å²) in [5.74, 6) is -1.90. The van der Waals surface area contributed by atoms with E-state index in [0.717, 1.165) is 25.5 Å². The van der Waals surface area contributed by atoms with E-state index >= 15 is 0 Å². The molecule has 3 heterocycles. The van der Waals surface area contributed by atoms with E-state index < -0.39 is 12.5 Å². The van der Waals surface area contributed by atoms with Crippen molar-refractivity contribution in [3.05, 3.63) is 59.6 Å². The van der Waals surface area contributed by atoms with Crippen LogP contribution in [-0.2, 0) is 13.1 Å². The number of benzene rings is 1. The predicted molar refractivity (Wildman–Crippen MR) is 105 cm³/mol. The van der Waals surface area contributed by atoms with Gasteiger partial charge in [-0.1, -0.05) is 6.07 Å². The Balaban J connectivity index is 1.68. The molecule has 4 aromatic rings. The zero-order valence-corrected chi connectivity index (χ0v) is 15.8. The maximum atomic E-state index is 14.1. The molecule has 146 valence electrons. The van der Waals surface area contributed by atoms with Crippen LogP contribution >= 0.6 is 0 Å². The van der Waals surface area contributed by atoms with Crippen molar-refractivity contribution in [2.45, 2.75) is 44.7 Å². The number of aromatic nitrogens is 5. The number of hydrogen-bond acceptors (Lipinski definition) is 3. The normalized spacial score (nSPS) is 14.6. The summed E-state index contributed by atoms with van der Waals surface area (Å²) < 4.78 is 31.4. The molecule has 0 saturated heterocycles. The largest absolute Gasteiger partial charge is 0.320 e. The summed E-state index contributed by atoms with van der Waals surface area (Å²) in [6.07, 6.45) is 5.77. The highest BCUT2D eigenvalue weighted by atomic mass is 19.3. The third-order valence-electron chi connectivity index (χ3n) is 5.16. The van der Waals surface area contributed by atoms with Crippen molar-refractivity contribution in [3.8, 4) is 0 Å². The summed E-state index contributed by atoms with van der Waals surface area (Å²) in [6, 6.07) is 7.08. The Kier molecular flexibility index (Phi) is 3.88. The number of imidazole rings is 1. The van der Waals surface area contributed by atoms with Crippen molar-refractivity contribution in [1.82, 2.24) is 24.3 Å². The van der Waals surface area contributed by atoms with E-state index in [9.17, 15) is 8.78 Å². The lowest BCUT2D eigenvalue weighted by Gasteiger charge is -2.15. The van der Waals surface area contributed by atoms with Crippen LogP contribution in [0, 0.1) is 6.57 Å². The van der Waals surface area contributed by atoms with Gasteiger partial charge in [0.1, 0.15) is 11.3 Å². The van der Waals surface area contributed by atoms with E-state index in [1.165, 1.54) is 0 Å². The van der Waals surface area contributed by atoms with Gasteiger partial charge in [0.05, 0.1) is 42.6 Å². The highest BCUT2D eigenvalue weighted by Crippen LogP contribution is 2.39. The van der Waals surface area contributed by atoms with Crippen LogP contribution in [0.15, 0.2) is 36.7 Å². The first-order valence-corrected chi connectivity index (χ1v) is 9.48. The van der Waals surface area contributed by atoms with E-state index in [-0.39, 0.29) is 0 Å². The number of fused-ring (bicyclic) bond motifs is 3. The molecule has 0 atom stereocenters. The van der Waals surface area contributed by atoms with Crippen LogP contribution in [0.4, 0.5) is 14.5 Å². The fourth-order valence-corrected chi connectivity index (χ4v) is 3.70. The summed E-state index contributed by atoms with van der Waals surface area (Å²) in [7, 11) is 0. The van der Waals surface area contributed by atoms with Gasteiger partial charge < -0.3 is 4.57 Å². The second-order valence-corrected chi connectivity index (χ2v) is 7.70. The van der Waals surface area contributed by atoms with E-state index in [0.29, 0.717) is 45.9 Å². The molecule has 0 aliphatic heterocycles. The minimum absolute atomic E-state index is 0.293. The van der Waals surface area contributed by atoms with E-state index in [4.69, 9.17) is 6.57 Å². The molecule has 0 spiro atoms. The van der Waals surface area contributed by atoms with Crippen LogP contribution in [0.1, 0.15) is 37.2 Å². The molecule has 1 aliphatic carbocycles. The maximum Gasteiger partial charge on any atom is 0.262 e. The second kappa shape index (κ2) is 6.34. The van der Waals surface area contributed by atoms with Gasteiger partial charge in [-0.3, -0.25) is 9.67 Å². The first-order chi connectivity index (χ1) is 13.9. The molecule has 6 nitrogen and oxygen atoms in total. The molecule has 1 saturated carbocycles. The Labute approximate surface area is 165 Å². The Morgan fingerprint density at radius 3 is 2.79 bits per heavy atom. The molecule has 3 aromatic heterocycles. The average Bonchev–Trinajstić information content (AvgIpc) is 3.34. The Hall–Kier alpha value is -3.34. The quantitative estimate of drug-likeness (QED) is 0.453. The van der Waals surface area contributed by atoms with Gasteiger partial charge in [-0.15, -0.1) is 0 Å². The molecule has 0 amide bonds. The summed E-state index contributed by atoms with van der Waals surface area (Å²) >= 11 is 0. The van der Waals surface area contributed by atoms with Gasteiger partial charge in [0.25, 0.3) is 5.92 Å². The van der Waals surface area contributed by atoms with Gasteiger partial charge in [0, 0.05) is 24.4 Å². The van der Waals surface area contributed by atoms with Crippen LogP contribution in [0.25, 0.3) is 26.8 Å². The second-order valence-electron chi connectivity index (χ2n) is 7.70. The molecule has 0 N–H and O–H groups in total. The van der Waals surface area contributed by atoms with Gasteiger partial charge >= 0.3 is 0 Å². The van der Waals surface area contributed by atoms with Gasteiger partial charge in [-0.2, -0.15) is 5.10 Å². The Bertz CT molecular complexity index is 1270. The SMILES string of the molecule is [C-]#[N+]c1ccc2ncc3nc(Cn4ccc(C5CC5)n4)n(CC(C)(F)F)c3c2c1. The standard InChI is InChI=1S/C21H18F2N6/c1-21(22,23)12-29-19(11-28-8-7-16(27-28)13-3-4-13)26-18-10-25-17-6-5-14(24-2)9-15(17)20(18)29/h5-10,13H,3-4,11-12H2,1H3. The van der Waals surface area contributed by atoms with E-state index in [1.807, 2.05) is 12.3 Å². The zero-order chi connectivity index (χ0) is 20.2. The number of hydrogen-bond donors (Lipinski definition) is 0. The fourth-order valence-electron chi connectivity index (χ4n) is 3.70. The van der Waals surface area contributed by atoms with Crippen LogP contribution < -0.4 is 0 Å². The first kappa shape index (κ1) is 17.7. The monoisotopic (exact) mass is 392 g/mol. The molecule has 0 unspecified atom stereocenters. The summed E-state index contributed by atoms with van der Waals surface area (Å²) in [5, 5.41) is 5.24. The van der Waals surface area contributed by atoms with Crippen LogP contribution in [0.3, 0.4) is 0 Å². The Morgan fingerprint density at radius 2 is 2.07 bits per heavy atom. The number of nitrogens with zero attached hydrogens (tertiary/aromatic N) is 6. The molecular weight excluding hydrogens is 374 g/mol. The number of halogens is 2. The molecule has 5 rings (SSSR count). The van der Waals surface area contributed by atoms with Crippen molar-refractivity contribution >= 4 is 27.6 Å². The van der Waals surface area contributed by atoms with E-state index in [1.54, 1.807) is 33.6 Å². The molecule has 1 aliphatic rings. The van der Waals surface area contributed by atoms with Crippen molar-refractivity contribution in [1.29, 1.82) is 0 Å². The minimum atomic E-state index is -2.92. The minimum Gasteiger partial charge on any atom is -0.320 e. The van der Waals surface area contributed by atoms with Crippen molar-refractivity contribution < 1.29 is 8.78 Å². The topological polar surface area (TPSA) is 52.9 Å². The molecule has 0 bridgehead atoms. The molecular formula is C21H18F2N6. The van der Waals surface area contributed by atoms with Gasteiger partial charge in [0.15, 0.2) is 5.69 Å². The van der Waals surface area contributed by atoms with Crippen molar-refractivity contribution in [2.75, 3.05) is 0 Å². The lowest BCUT2D eigenvalue weighted by atomic mass is 10.1. The fraction of sp³-hybridized carbons (Fsp3) is 0.333. The summed E-state index contributed by atoms with van der Waals surface area (Å²) in [6.45, 7) is 7.96. The van der Waals surface area contributed by atoms with Gasteiger partial charge in [-0.25, -0.2) is 18.6 Å². The van der Waals surface area contributed by atoms with Crippen LogP contribution in [0.5, 0.6) is 0 Å². The number of alkyl halides is 2. The number of pyridine rings is 1. The zero-order valence-electron chi connectivity index (χ0n) is 15.8.